The number of methoxy groups -OCH3 is 1. The van der Waals surface area contributed by atoms with E-state index >= 15 is 0 Å². The number of ether oxygens (including phenoxy) is 1. The van der Waals surface area contributed by atoms with Crippen molar-refractivity contribution in [3.8, 4) is 23.0 Å². The summed E-state index contributed by atoms with van der Waals surface area (Å²) in [5.74, 6) is 0.362. The van der Waals surface area contributed by atoms with Gasteiger partial charge >= 0.3 is 1.43 Å². The first-order chi connectivity index (χ1) is 16.0. The summed E-state index contributed by atoms with van der Waals surface area (Å²) >= 11 is 10.8. The SMILES string of the molecule is CC(C)(C)C1=CC(=O)C(C(C)(C)C)=CC1=O.COc1ccccc1O.Oc1cc(Cl)c(O)cc1Cl.[H+]. The summed E-state index contributed by atoms with van der Waals surface area (Å²) in [7, 11) is 1.52. The van der Waals surface area contributed by atoms with E-state index in [1.165, 1.54) is 31.4 Å². The minimum absolute atomic E-state index is 0. The molecule has 0 unspecified atom stereocenters. The van der Waals surface area contributed by atoms with E-state index in [1.54, 1.807) is 24.3 Å². The van der Waals surface area contributed by atoms with Gasteiger partial charge in [0.05, 0.1) is 17.2 Å². The van der Waals surface area contributed by atoms with Gasteiger partial charge in [-0.2, -0.15) is 0 Å². The molecule has 0 heterocycles. The molecule has 2 aromatic rings. The molecule has 0 bridgehead atoms. The monoisotopic (exact) mass is 523 g/mol. The molecular weight excluding hydrogens is 491 g/mol. The van der Waals surface area contributed by atoms with Crippen LogP contribution in [0.15, 0.2) is 59.7 Å². The highest BCUT2D eigenvalue weighted by molar-refractivity contribution is 6.35. The average molecular weight is 524 g/mol. The fourth-order valence-corrected chi connectivity index (χ4v) is 3.20. The zero-order chi connectivity index (χ0) is 27.1. The van der Waals surface area contributed by atoms with Crippen LogP contribution < -0.4 is 4.74 Å². The molecule has 0 spiro atoms. The van der Waals surface area contributed by atoms with E-state index in [0.29, 0.717) is 16.9 Å². The van der Waals surface area contributed by atoms with Crippen LogP contribution in [0.2, 0.25) is 10.0 Å². The minimum Gasteiger partial charge on any atom is -0.506 e. The third kappa shape index (κ3) is 8.96. The van der Waals surface area contributed by atoms with Crippen molar-refractivity contribution in [1.29, 1.82) is 0 Å². The Morgan fingerprint density at radius 3 is 1.37 bits per heavy atom. The summed E-state index contributed by atoms with van der Waals surface area (Å²) in [5.41, 5.74) is 0.662. The van der Waals surface area contributed by atoms with E-state index in [1.807, 2.05) is 41.5 Å². The van der Waals surface area contributed by atoms with Crippen molar-refractivity contribution in [3.63, 3.8) is 0 Å². The largest absolute Gasteiger partial charge is 1.00 e. The third-order valence-electron chi connectivity index (χ3n) is 4.80. The number of allylic oxidation sites excluding steroid dienone is 4. The summed E-state index contributed by atoms with van der Waals surface area (Å²) in [4.78, 5) is 23.9. The van der Waals surface area contributed by atoms with Gasteiger partial charge in [0.15, 0.2) is 23.1 Å². The Labute approximate surface area is 217 Å². The van der Waals surface area contributed by atoms with Crippen LogP contribution in [0.1, 0.15) is 43.0 Å². The molecule has 2 aromatic carbocycles. The number of phenols is 3. The third-order valence-corrected chi connectivity index (χ3v) is 5.40. The molecule has 190 valence electrons. The van der Waals surface area contributed by atoms with E-state index in [9.17, 15) is 9.59 Å². The van der Waals surface area contributed by atoms with Crippen molar-refractivity contribution in [2.24, 2.45) is 10.8 Å². The van der Waals surface area contributed by atoms with Crippen LogP contribution in [0.5, 0.6) is 23.0 Å². The van der Waals surface area contributed by atoms with Gasteiger partial charge in [-0.05, 0) is 35.1 Å². The zero-order valence-electron chi connectivity index (χ0n) is 21.9. The van der Waals surface area contributed by atoms with Gasteiger partial charge in [-0.15, -0.1) is 0 Å². The van der Waals surface area contributed by atoms with Crippen LogP contribution >= 0.6 is 23.2 Å². The van der Waals surface area contributed by atoms with Gasteiger partial charge in [-0.25, -0.2) is 0 Å². The van der Waals surface area contributed by atoms with Crippen molar-refractivity contribution in [2.75, 3.05) is 7.11 Å². The maximum Gasteiger partial charge on any atom is 1.00 e. The fourth-order valence-electron chi connectivity index (χ4n) is 2.89. The van der Waals surface area contributed by atoms with E-state index in [2.05, 4.69) is 0 Å². The number of hydrogen-bond acceptors (Lipinski definition) is 6. The van der Waals surface area contributed by atoms with Gasteiger partial charge in [0.2, 0.25) is 0 Å². The molecule has 6 nitrogen and oxygen atoms in total. The Morgan fingerprint density at radius 2 is 1.09 bits per heavy atom. The predicted octanol–water partition coefficient (Wildman–Crippen LogP) is 7.00. The first-order valence-electron chi connectivity index (χ1n) is 10.7. The molecule has 0 aliphatic heterocycles. The maximum atomic E-state index is 11.9. The molecule has 1 aliphatic carbocycles. The number of halogens is 2. The highest BCUT2D eigenvalue weighted by Gasteiger charge is 2.32. The van der Waals surface area contributed by atoms with Gasteiger partial charge in [0.25, 0.3) is 0 Å². The number of hydrogen-bond donors (Lipinski definition) is 3. The second-order valence-electron chi connectivity index (χ2n) is 9.77. The predicted molar refractivity (Wildman–Crippen MR) is 141 cm³/mol. The van der Waals surface area contributed by atoms with Gasteiger partial charge < -0.3 is 20.1 Å². The van der Waals surface area contributed by atoms with Crippen molar-refractivity contribution >= 4 is 34.8 Å². The Morgan fingerprint density at radius 1 is 0.714 bits per heavy atom. The summed E-state index contributed by atoms with van der Waals surface area (Å²) in [6.07, 6.45) is 3.01. The maximum absolute atomic E-state index is 11.9. The Bertz CT molecular complexity index is 1050. The fraction of sp³-hybridized carbons (Fsp3) is 0.333. The van der Waals surface area contributed by atoms with Crippen molar-refractivity contribution in [2.45, 2.75) is 41.5 Å². The first kappa shape index (κ1) is 30.1. The number of aromatic hydroxyl groups is 3. The van der Waals surface area contributed by atoms with Gasteiger partial charge in [-0.1, -0.05) is 76.9 Å². The summed E-state index contributed by atoms with van der Waals surface area (Å²) in [6.45, 7) is 11.7. The van der Waals surface area contributed by atoms with E-state index in [4.69, 9.17) is 43.3 Å². The minimum atomic E-state index is -0.271. The summed E-state index contributed by atoms with van der Waals surface area (Å²) in [5, 5.41) is 26.9. The Balaban J connectivity index is 0.000000531. The number of phenolic OH excluding ortho intramolecular Hbond substituents is 3. The zero-order valence-corrected chi connectivity index (χ0v) is 22.5. The molecule has 1 aliphatic rings. The second-order valence-corrected chi connectivity index (χ2v) is 10.6. The first-order valence-corrected chi connectivity index (χ1v) is 11.5. The lowest BCUT2D eigenvalue weighted by Crippen LogP contribution is -2.27. The standard InChI is InChI=1S/C14H20O2.C7H8O2.C6H4Cl2O2/c1-13(2,3)9-7-12(16)10(8-11(9)15)14(4,5)6;1-9-7-5-3-2-4-6(7)8;7-3-1-5(9)4(8)2-6(3)10/h7-8H,1-6H3;2-5,8H,1H3;1-2,9-10H/p+1. The van der Waals surface area contributed by atoms with Crippen LogP contribution in [0, 0.1) is 10.8 Å². The Hall–Kier alpha value is -2.96. The van der Waals surface area contributed by atoms with E-state index in [0.717, 1.165) is 0 Å². The average Bonchev–Trinajstić information content (AvgIpc) is 2.73. The molecule has 0 radical (unpaired) electrons. The highest BCUT2D eigenvalue weighted by Crippen LogP contribution is 2.35. The Kier molecular flexibility index (Phi) is 10.4. The number of benzene rings is 2. The van der Waals surface area contributed by atoms with Crippen LogP contribution in [0.25, 0.3) is 0 Å². The topological polar surface area (TPSA) is 104 Å². The molecule has 0 saturated carbocycles. The normalized spacial score (nSPS) is 13.5. The summed E-state index contributed by atoms with van der Waals surface area (Å²) < 4.78 is 4.79. The number of carbonyl (C=O) groups is 2. The second kappa shape index (κ2) is 12.1. The molecule has 35 heavy (non-hydrogen) atoms. The summed E-state index contributed by atoms with van der Waals surface area (Å²) in [6, 6.07) is 9.20. The highest BCUT2D eigenvalue weighted by atomic mass is 35.5. The molecule has 0 amide bonds. The van der Waals surface area contributed by atoms with Gasteiger partial charge in [0.1, 0.15) is 11.5 Å². The molecule has 0 aromatic heterocycles. The molecule has 0 atom stereocenters. The van der Waals surface area contributed by atoms with Gasteiger partial charge in [-0.3, -0.25) is 9.59 Å². The molecule has 8 heteroatoms. The molecule has 3 N–H and O–H groups in total. The molecular formula is C27H33Cl2O6+. The lowest BCUT2D eigenvalue weighted by atomic mass is 9.75. The van der Waals surface area contributed by atoms with Crippen molar-refractivity contribution < 1.29 is 31.1 Å². The smallest absolute Gasteiger partial charge is 0.506 e. The molecule has 0 saturated heterocycles. The number of ketones is 2. The lowest BCUT2D eigenvalue weighted by Gasteiger charge is -2.28. The van der Waals surface area contributed by atoms with E-state index in [-0.39, 0.29) is 51.1 Å². The quantitative estimate of drug-likeness (QED) is 0.274. The van der Waals surface area contributed by atoms with Crippen molar-refractivity contribution in [1.82, 2.24) is 0 Å². The van der Waals surface area contributed by atoms with Crippen LogP contribution in [0.3, 0.4) is 0 Å². The van der Waals surface area contributed by atoms with Crippen LogP contribution in [0.4, 0.5) is 0 Å². The number of carbonyl (C=O) groups excluding carboxylic acids is 2. The number of para-hydroxylation sites is 2. The molecule has 0 fully saturated rings. The van der Waals surface area contributed by atoms with Crippen molar-refractivity contribution in [3.05, 3.63) is 69.7 Å². The lowest BCUT2D eigenvalue weighted by molar-refractivity contribution is -0.116. The van der Waals surface area contributed by atoms with E-state index < -0.39 is 0 Å². The van der Waals surface area contributed by atoms with Crippen LogP contribution in [-0.2, 0) is 9.59 Å². The number of rotatable bonds is 1. The van der Waals surface area contributed by atoms with Crippen LogP contribution in [-0.4, -0.2) is 34.0 Å². The van der Waals surface area contributed by atoms with Gasteiger partial charge in [0, 0.05) is 23.3 Å². The molecule has 3 rings (SSSR count).